The Morgan fingerprint density at radius 1 is 1.24 bits per heavy atom. The van der Waals surface area contributed by atoms with Crippen LogP contribution in [-0.4, -0.2) is 14.5 Å². The van der Waals surface area contributed by atoms with E-state index < -0.39 is 10.0 Å². The molecule has 0 bridgehead atoms. The van der Waals surface area contributed by atoms with Gasteiger partial charge in [0, 0.05) is 11.7 Å². The molecule has 0 heterocycles. The van der Waals surface area contributed by atoms with E-state index in [0.717, 1.165) is 37.2 Å². The van der Waals surface area contributed by atoms with Crippen molar-refractivity contribution in [2.24, 2.45) is 5.92 Å². The van der Waals surface area contributed by atoms with Gasteiger partial charge in [0.05, 0.1) is 4.90 Å². The number of rotatable bonds is 5. The van der Waals surface area contributed by atoms with Crippen molar-refractivity contribution in [2.75, 3.05) is 5.73 Å². The second kappa shape index (κ2) is 6.79. The number of hydrogen-bond donors (Lipinski definition) is 2. The van der Waals surface area contributed by atoms with E-state index in [1.54, 1.807) is 18.2 Å². The van der Waals surface area contributed by atoms with E-state index in [-0.39, 0.29) is 10.9 Å². The number of hydrogen-bond acceptors (Lipinski definition) is 3. The van der Waals surface area contributed by atoms with E-state index in [0.29, 0.717) is 5.69 Å². The van der Waals surface area contributed by atoms with Crippen LogP contribution in [0, 0.1) is 12.8 Å². The van der Waals surface area contributed by atoms with Crippen molar-refractivity contribution < 1.29 is 8.42 Å². The van der Waals surface area contributed by atoms with Crippen LogP contribution in [-0.2, 0) is 10.0 Å². The van der Waals surface area contributed by atoms with Crippen LogP contribution in [0.3, 0.4) is 0 Å². The minimum atomic E-state index is -3.46. The summed E-state index contributed by atoms with van der Waals surface area (Å²) in [4.78, 5) is 0.265. The Balaban J connectivity index is 2.00. The minimum Gasteiger partial charge on any atom is -0.398 e. The van der Waals surface area contributed by atoms with E-state index in [1.165, 1.54) is 12.8 Å². The lowest BCUT2D eigenvalue weighted by atomic mass is 9.84. The van der Waals surface area contributed by atoms with Crippen molar-refractivity contribution in [3.05, 3.63) is 23.8 Å². The first kappa shape index (κ1) is 16.3. The zero-order valence-electron chi connectivity index (χ0n) is 12.9. The van der Waals surface area contributed by atoms with Crippen LogP contribution in [0.2, 0.25) is 0 Å². The van der Waals surface area contributed by atoms with Gasteiger partial charge in [-0.15, -0.1) is 0 Å². The van der Waals surface area contributed by atoms with Gasteiger partial charge in [0.25, 0.3) is 0 Å². The summed E-state index contributed by atoms with van der Waals surface area (Å²) in [5, 5.41) is 0. The highest BCUT2D eigenvalue weighted by Crippen LogP contribution is 2.28. The highest BCUT2D eigenvalue weighted by molar-refractivity contribution is 7.89. The van der Waals surface area contributed by atoms with Crippen molar-refractivity contribution >= 4 is 15.7 Å². The molecule has 1 aliphatic carbocycles. The van der Waals surface area contributed by atoms with Crippen LogP contribution in [0.4, 0.5) is 5.69 Å². The van der Waals surface area contributed by atoms with E-state index in [1.807, 2.05) is 6.92 Å². The summed E-state index contributed by atoms with van der Waals surface area (Å²) in [5.74, 6) is 0.769. The van der Waals surface area contributed by atoms with Gasteiger partial charge in [-0.1, -0.05) is 25.8 Å². The number of nitrogens with two attached hydrogens (primary N) is 1. The van der Waals surface area contributed by atoms with Gasteiger partial charge in [-0.05, 0) is 56.2 Å². The summed E-state index contributed by atoms with van der Waals surface area (Å²) in [5.41, 5.74) is 7.23. The van der Waals surface area contributed by atoms with Crippen molar-refractivity contribution in [3.63, 3.8) is 0 Å². The summed E-state index contributed by atoms with van der Waals surface area (Å²) < 4.78 is 27.6. The maximum absolute atomic E-state index is 12.4. The van der Waals surface area contributed by atoms with Gasteiger partial charge in [0.1, 0.15) is 0 Å². The van der Waals surface area contributed by atoms with Crippen molar-refractivity contribution in [1.82, 2.24) is 4.72 Å². The lowest BCUT2D eigenvalue weighted by molar-refractivity contribution is 0.297. The van der Waals surface area contributed by atoms with Gasteiger partial charge in [0.15, 0.2) is 0 Å². The second-order valence-electron chi connectivity index (χ2n) is 6.15. The molecule has 21 heavy (non-hydrogen) atoms. The van der Waals surface area contributed by atoms with Crippen LogP contribution in [0.15, 0.2) is 23.1 Å². The largest absolute Gasteiger partial charge is 0.398 e. The van der Waals surface area contributed by atoms with Crippen molar-refractivity contribution in [1.29, 1.82) is 0 Å². The topological polar surface area (TPSA) is 72.2 Å². The van der Waals surface area contributed by atoms with Gasteiger partial charge in [0.2, 0.25) is 10.0 Å². The Kier molecular flexibility index (Phi) is 5.27. The molecule has 3 N–H and O–H groups in total. The second-order valence-corrected chi connectivity index (χ2v) is 7.86. The monoisotopic (exact) mass is 310 g/mol. The molecule has 0 saturated heterocycles. The average Bonchev–Trinajstić information content (AvgIpc) is 2.44. The average molecular weight is 310 g/mol. The molecule has 1 aromatic rings. The molecule has 1 aromatic carbocycles. The summed E-state index contributed by atoms with van der Waals surface area (Å²) in [7, 11) is -3.46. The molecule has 0 aromatic heterocycles. The Bertz CT molecular complexity index is 576. The molecule has 1 aliphatic rings. The Morgan fingerprint density at radius 3 is 2.48 bits per heavy atom. The van der Waals surface area contributed by atoms with Crippen LogP contribution < -0.4 is 10.5 Å². The molecular formula is C16H26N2O2S. The van der Waals surface area contributed by atoms with Crippen LogP contribution in [0.25, 0.3) is 0 Å². The zero-order valence-corrected chi connectivity index (χ0v) is 13.7. The van der Waals surface area contributed by atoms with E-state index in [2.05, 4.69) is 11.6 Å². The molecule has 4 nitrogen and oxygen atoms in total. The fourth-order valence-corrected chi connectivity index (χ4v) is 4.39. The van der Waals surface area contributed by atoms with Crippen molar-refractivity contribution in [2.45, 2.75) is 63.3 Å². The molecule has 0 radical (unpaired) electrons. The lowest BCUT2D eigenvalue weighted by Crippen LogP contribution is -2.37. The molecule has 0 amide bonds. The molecular weight excluding hydrogens is 284 g/mol. The fourth-order valence-electron chi connectivity index (χ4n) is 3.05. The third-order valence-corrected chi connectivity index (χ3v) is 5.94. The van der Waals surface area contributed by atoms with Crippen LogP contribution >= 0.6 is 0 Å². The molecule has 0 aliphatic heterocycles. The van der Waals surface area contributed by atoms with Gasteiger partial charge in [-0.25, -0.2) is 13.1 Å². The van der Waals surface area contributed by atoms with Gasteiger partial charge < -0.3 is 5.73 Å². The first-order valence-electron chi connectivity index (χ1n) is 7.81. The molecule has 0 unspecified atom stereocenters. The van der Waals surface area contributed by atoms with E-state index in [9.17, 15) is 8.42 Å². The third kappa shape index (κ3) is 4.20. The van der Waals surface area contributed by atoms with E-state index >= 15 is 0 Å². The number of benzene rings is 1. The number of nitrogens with one attached hydrogen (secondary N) is 1. The maximum atomic E-state index is 12.4. The summed E-state index contributed by atoms with van der Waals surface area (Å²) >= 11 is 0. The smallest absolute Gasteiger partial charge is 0.240 e. The summed E-state index contributed by atoms with van der Waals surface area (Å²) in [6.45, 7) is 4.07. The molecule has 1 fully saturated rings. The maximum Gasteiger partial charge on any atom is 0.240 e. The van der Waals surface area contributed by atoms with Crippen LogP contribution in [0.5, 0.6) is 0 Å². The number of aryl methyl sites for hydroxylation is 1. The fraction of sp³-hybridized carbons (Fsp3) is 0.625. The third-order valence-electron chi connectivity index (χ3n) is 4.43. The summed E-state index contributed by atoms with van der Waals surface area (Å²) in [6, 6.07) is 4.98. The Labute approximate surface area is 128 Å². The first-order valence-corrected chi connectivity index (χ1v) is 9.29. The van der Waals surface area contributed by atoms with Gasteiger partial charge in [-0.2, -0.15) is 0 Å². The predicted molar refractivity (Wildman–Crippen MR) is 86.6 cm³/mol. The summed E-state index contributed by atoms with van der Waals surface area (Å²) in [6.07, 6.45) is 6.59. The first-order chi connectivity index (χ1) is 9.92. The molecule has 0 spiro atoms. The lowest BCUT2D eigenvalue weighted by Gasteiger charge is -2.28. The Hall–Kier alpha value is -1.07. The van der Waals surface area contributed by atoms with E-state index in [4.69, 9.17) is 5.73 Å². The molecule has 1 saturated carbocycles. The molecule has 2 rings (SSSR count). The normalized spacial score (nSPS) is 23.1. The zero-order chi connectivity index (χ0) is 15.5. The number of sulfonamides is 1. The molecule has 118 valence electrons. The minimum absolute atomic E-state index is 0.0608. The van der Waals surface area contributed by atoms with Gasteiger partial charge >= 0.3 is 0 Å². The number of anilines is 1. The quantitative estimate of drug-likeness (QED) is 0.820. The standard InChI is InChI=1S/C16H26N2O2S/c1-3-4-13-6-8-14(9-7-13)18-21(19,20)15-10-5-12(2)16(17)11-15/h5,10-11,13-14,18H,3-4,6-9,17H2,1-2H3. The predicted octanol–water partition coefficient (Wildman–Crippen LogP) is 3.21. The molecule has 5 heteroatoms. The number of nitrogen functional groups attached to an aromatic ring is 1. The molecule has 0 atom stereocenters. The highest BCUT2D eigenvalue weighted by atomic mass is 32.2. The van der Waals surface area contributed by atoms with Crippen LogP contribution in [0.1, 0.15) is 51.0 Å². The SMILES string of the molecule is CCCC1CCC(NS(=O)(=O)c2ccc(C)c(N)c2)CC1. The highest BCUT2D eigenvalue weighted by Gasteiger charge is 2.25. The van der Waals surface area contributed by atoms with Crippen molar-refractivity contribution in [3.8, 4) is 0 Å². The van der Waals surface area contributed by atoms with Gasteiger partial charge in [-0.3, -0.25) is 0 Å². The Morgan fingerprint density at radius 2 is 1.90 bits per heavy atom.